The van der Waals surface area contributed by atoms with Crippen molar-refractivity contribution in [3.63, 3.8) is 0 Å². The Labute approximate surface area is 97.9 Å². The zero-order valence-corrected chi connectivity index (χ0v) is 10.9. The van der Waals surface area contributed by atoms with Crippen molar-refractivity contribution in [3.05, 3.63) is 0 Å². The minimum absolute atomic E-state index is 0.160. The molecule has 0 bridgehead atoms. The zero-order valence-electron chi connectivity index (χ0n) is 10.9. The van der Waals surface area contributed by atoms with Gasteiger partial charge >= 0.3 is 6.09 Å². The number of hydrogen-bond donors (Lipinski definition) is 0. The highest BCUT2D eigenvalue weighted by molar-refractivity contribution is 5.68. The van der Waals surface area contributed by atoms with E-state index in [1.165, 1.54) is 0 Å². The number of likely N-dealkylation sites (tertiary alicyclic amines) is 1. The maximum absolute atomic E-state index is 11.7. The molecule has 0 N–H and O–H groups in total. The van der Waals surface area contributed by atoms with Gasteiger partial charge in [-0.1, -0.05) is 0 Å². The summed E-state index contributed by atoms with van der Waals surface area (Å²) in [6.45, 7) is 11.0. The molecule has 1 aliphatic heterocycles. The van der Waals surface area contributed by atoms with Crippen molar-refractivity contribution in [1.82, 2.24) is 4.90 Å². The Kier molecular flexibility index (Phi) is 4.19. The van der Waals surface area contributed by atoms with Crippen LogP contribution in [0.15, 0.2) is 0 Å². The summed E-state index contributed by atoms with van der Waals surface area (Å²) < 4.78 is 11.0. The van der Waals surface area contributed by atoms with Crippen LogP contribution in [0.4, 0.5) is 4.79 Å². The average Bonchev–Trinajstić information content (AvgIpc) is 2.48. The van der Waals surface area contributed by atoms with Crippen LogP contribution in [0.25, 0.3) is 0 Å². The molecule has 4 heteroatoms. The van der Waals surface area contributed by atoms with Crippen LogP contribution < -0.4 is 0 Å². The fraction of sp³-hybridized carbons (Fsp3) is 0.917. The van der Waals surface area contributed by atoms with E-state index in [2.05, 4.69) is 0 Å². The first-order valence-corrected chi connectivity index (χ1v) is 5.91. The van der Waals surface area contributed by atoms with Gasteiger partial charge in [-0.3, -0.25) is 0 Å². The van der Waals surface area contributed by atoms with Crippen LogP contribution in [0.1, 0.15) is 41.0 Å². The van der Waals surface area contributed by atoms with Crippen molar-refractivity contribution in [1.29, 1.82) is 0 Å². The molecule has 1 amide bonds. The third-order valence-electron chi connectivity index (χ3n) is 2.26. The molecule has 1 atom stereocenters. The third kappa shape index (κ3) is 4.39. The number of carbonyl (C=O) groups excluding carboxylic acids is 1. The first-order valence-electron chi connectivity index (χ1n) is 5.91. The second-order valence-electron chi connectivity index (χ2n) is 5.52. The van der Waals surface area contributed by atoms with E-state index in [9.17, 15) is 4.79 Å². The van der Waals surface area contributed by atoms with Gasteiger partial charge in [0.2, 0.25) is 0 Å². The molecule has 0 aliphatic carbocycles. The van der Waals surface area contributed by atoms with Crippen LogP contribution in [0, 0.1) is 0 Å². The fourth-order valence-electron chi connectivity index (χ4n) is 1.72. The minimum Gasteiger partial charge on any atom is -0.444 e. The Morgan fingerprint density at radius 1 is 1.38 bits per heavy atom. The van der Waals surface area contributed by atoms with Crippen LogP contribution in [-0.4, -0.2) is 41.9 Å². The van der Waals surface area contributed by atoms with Gasteiger partial charge in [-0.2, -0.15) is 0 Å². The normalized spacial score (nSPS) is 21.6. The molecule has 0 spiro atoms. The van der Waals surface area contributed by atoms with Crippen LogP contribution in [0.3, 0.4) is 0 Å². The fourth-order valence-corrected chi connectivity index (χ4v) is 1.72. The highest BCUT2D eigenvalue weighted by atomic mass is 16.6. The Hall–Kier alpha value is -0.770. The third-order valence-corrected chi connectivity index (χ3v) is 2.26. The van der Waals surface area contributed by atoms with Gasteiger partial charge in [-0.25, -0.2) is 4.79 Å². The summed E-state index contributed by atoms with van der Waals surface area (Å²) in [6.07, 6.45) is 1.04. The summed E-state index contributed by atoms with van der Waals surface area (Å²) in [6, 6.07) is 0. The lowest BCUT2D eigenvalue weighted by atomic mass is 10.2. The predicted molar refractivity (Wildman–Crippen MR) is 62.4 cm³/mol. The molecular weight excluding hydrogens is 206 g/mol. The molecule has 1 rings (SSSR count). The Balaban J connectivity index is 2.38. The van der Waals surface area contributed by atoms with E-state index in [-0.39, 0.29) is 18.3 Å². The van der Waals surface area contributed by atoms with E-state index in [0.717, 1.165) is 13.0 Å². The number of carbonyl (C=O) groups is 1. The second kappa shape index (κ2) is 5.04. The van der Waals surface area contributed by atoms with Gasteiger partial charge in [0.1, 0.15) is 5.60 Å². The standard InChI is InChI=1S/C12H23NO3/c1-9(2)15-10-6-7-13(8-10)11(14)16-12(3,4)5/h9-10H,6-8H2,1-5H3/t10-/m1/s1. The van der Waals surface area contributed by atoms with Gasteiger partial charge in [0, 0.05) is 6.54 Å². The largest absolute Gasteiger partial charge is 0.444 e. The van der Waals surface area contributed by atoms with Crippen molar-refractivity contribution >= 4 is 6.09 Å². The van der Waals surface area contributed by atoms with Gasteiger partial charge in [-0.15, -0.1) is 0 Å². The summed E-state index contributed by atoms with van der Waals surface area (Å²) in [5, 5.41) is 0. The average molecular weight is 229 g/mol. The molecule has 0 radical (unpaired) electrons. The quantitative estimate of drug-likeness (QED) is 0.730. The van der Waals surface area contributed by atoms with Crippen molar-refractivity contribution in [2.45, 2.75) is 58.8 Å². The molecule has 1 fully saturated rings. The lowest BCUT2D eigenvalue weighted by Gasteiger charge is -2.24. The molecule has 0 saturated carbocycles. The number of hydrogen-bond acceptors (Lipinski definition) is 3. The van der Waals surface area contributed by atoms with Crippen LogP contribution in [0.2, 0.25) is 0 Å². The molecule has 94 valence electrons. The maximum atomic E-state index is 11.7. The van der Waals surface area contributed by atoms with E-state index in [0.29, 0.717) is 6.54 Å². The summed E-state index contributed by atoms with van der Waals surface area (Å²) in [7, 11) is 0. The number of nitrogens with zero attached hydrogens (tertiary/aromatic N) is 1. The lowest BCUT2D eigenvalue weighted by Crippen LogP contribution is -2.36. The zero-order chi connectivity index (χ0) is 12.3. The van der Waals surface area contributed by atoms with E-state index < -0.39 is 5.60 Å². The summed E-state index contributed by atoms with van der Waals surface area (Å²) in [4.78, 5) is 13.5. The molecule has 1 heterocycles. The summed E-state index contributed by atoms with van der Waals surface area (Å²) >= 11 is 0. The first kappa shape index (κ1) is 13.3. The van der Waals surface area contributed by atoms with Crippen molar-refractivity contribution < 1.29 is 14.3 Å². The topological polar surface area (TPSA) is 38.8 Å². The Bertz CT molecular complexity index is 245. The van der Waals surface area contributed by atoms with E-state index in [1.807, 2.05) is 34.6 Å². The Morgan fingerprint density at radius 3 is 2.50 bits per heavy atom. The molecule has 4 nitrogen and oxygen atoms in total. The predicted octanol–water partition coefficient (Wildman–Crippen LogP) is 2.42. The minimum atomic E-state index is -0.423. The molecular formula is C12H23NO3. The van der Waals surface area contributed by atoms with E-state index in [1.54, 1.807) is 4.90 Å². The van der Waals surface area contributed by atoms with Gasteiger partial charge < -0.3 is 14.4 Å². The van der Waals surface area contributed by atoms with Crippen LogP contribution >= 0.6 is 0 Å². The van der Waals surface area contributed by atoms with E-state index >= 15 is 0 Å². The number of amides is 1. The van der Waals surface area contributed by atoms with Crippen molar-refractivity contribution in [2.75, 3.05) is 13.1 Å². The van der Waals surface area contributed by atoms with Crippen LogP contribution in [-0.2, 0) is 9.47 Å². The molecule has 0 aromatic heterocycles. The number of ether oxygens (including phenoxy) is 2. The van der Waals surface area contributed by atoms with Gasteiger partial charge in [0.25, 0.3) is 0 Å². The molecule has 0 unspecified atom stereocenters. The smallest absolute Gasteiger partial charge is 0.410 e. The van der Waals surface area contributed by atoms with Gasteiger partial charge in [-0.05, 0) is 41.0 Å². The lowest BCUT2D eigenvalue weighted by molar-refractivity contribution is 0.00415. The first-order chi connectivity index (χ1) is 7.28. The highest BCUT2D eigenvalue weighted by Crippen LogP contribution is 2.17. The summed E-state index contributed by atoms with van der Waals surface area (Å²) in [5.74, 6) is 0. The number of rotatable bonds is 2. The van der Waals surface area contributed by atoms with Gasteiger partial charge in [0.15, 0.2) is 0 Å². The molecule has 0 aromatic carbocycles. The van der Waals surface area contributed by atoms with Crippen molar-refractivity contribution in [3.8, 4) is 0 Å². The molecule has 1 aliphatic rings. The molecule has 16 heavy (non-hydrogen) atoms. The molecule has 0 aromatic rings. The monoisotopic (exact) mass is 229 g/mol. The van der Waals surface area contributed by atoms with Crippen LogP contribution in [0.5, 0.6) is 0 Å². The van der Waals surface area contributed by atoms with Gasteiger partial charge in [0.05, 0.1) is 18.8 Å². The Morgan fingerprint density at radius 2 is 2.00 bits per heavy atom. The summed E-state index contributed by atoms with van der Waals surface area (Å²) in [5.41, 5.74) is -0.423. The molecule has 1 saturated heterocycles. The second-order valence-corrected chi connectivity index (χ2v) is 5.52. The maximum Gasteiger partial charge on any atom is 0.410 e. The van der Waals surface area contributed by atoms with E-state index in [4.69, 9.17) is 9.47 Å². The van der Waals surface area contributed by atoms with Crippen molar-refractivity contribution in [2.24, 2.45) is 0 Å². The highest BCUT2D eigenvalue weighted by Gasteiger charge is 2.30. The SMILES string of the molecule is CC(C)O[C@@H]1CCN(C(=O)OC(C)(C)C)C1.